The van der Waals surface area contributed by atoms with Crippen molar-refractivity contribution >= 4 is 11.8 Å². The number of hydrogen-bond donors (Lipinski definition) is 32. The van der Waals surface area contributed by atoms with Crippen LogP contribution in [0.4, 0.5) is 0 Å². The van der Waals surface area contributed by atoms with Crippen molar-refractivity contribution in [2.24, 2.45) is 0 Å². The van der Waals surface area contributed by atoms with Crippen LogP contribution in [0.15, 0.2) is 0 Å². The third-order valence-corrected chi connectivity index (χ3v) is 23.7. The predicted molar refractivity (Wildman–Crippen MR) is 381 cm³/mol. The van der Waals surface area contributed by atoms with E-state index in [2.05, 4.69) is 10.6 Å². The number of nitrogens with one attached hydrogen (secondary N) is 2. The summed E-state index contributed by atoms with van der Waals surface area (Å²) >= 11 is 0. The fraction of sp³-hybridized carbons (Fsp3) is 0.971. The van der Waals surface area contributed by atoms with Gasteiger partial charge in [0.2, 0.25) is 11.8 Å². The summed E-state index contributed by atoms with van der Waals surface area (Å²) in [5, 5.41) is 340. The lowest BCUT2D eigenvalue weighted by atomic mass is 9.93. The molecular formula is C70H118N2O53. The lowest BCUT2D eigenvalue weighted by molar-refractivity contribution is -0.416. The van der Waals surface area contributed by atoms with Crippen LogP contribution in [0.3, 0.4) is 0 Å². The molecule has 0 aromatic rings. The van der Waals surface area contributed by atoms with E-state index in [0.29, 0.717) is 0 Å². The molecule has 11 heterocycles. The van der Waals surface area contributed by atoms with Crippen molar-refractivity contribution in [3.05, 3.63) is 0 Å². The van der Waals surface area contributed by atoms with Crippen molar-refractivity contribution in [3.8, 4) is 0 Å². The van der Waals surface area contributed by atoms with Crippen LogP contribution in [0.25, 0.3) is 0 Å². The summed E-state index contributed by atoms with van der Waals surface area (Å²) in [6.45, 7) is -3.72. The van der Waals surface area contributed by atoms with E-state index in [9.17, 15) is 163 Å². The fourth-order valence-electron chi connectivity index (χ4n) is 16.5. The van der Waals surface area contributed by atoms with E-state index in [4.69, 9.17) is 99.5 Å². The minimum Gasteiger partial charge on any atom is -0.394 e. The van der Waals surface area contributed by atoms with Crippen LogP contribution in [-0.2, 0) is 109 Å². The highest BCUT2D eigenvalue weighted by molar-refractivity contribution is 5.73. The van der Waals surface area contributed by atoms with Crippen LogP contribution in [-0.4, -0.2) is 556 Å². The van der Waals surface area contributed by atoms with Gasteiger partial charge in [-0.15, -0.1) is 0 Å². The predicted octanol–water partition coefficient (Wildman–Crippen LogP) is -21.6. The standard InChI is InChI=1S/C70H118N2O53/c1-14-29(82)36(89)44(97)63(106-14)124-59-41(94)34(87)22(9-76)113-70(59)121-55-25(12-79)116-68(50(103)57(55)123-67-49(102)43(96)52(23(10-77)115-67)119-65-46(99)38(91)32(85)20(7-74)111-65)120-54-24(11-78)114-61(28(72-18(5)81)56(54)122-69-58(40(93)30(83)15(2)107-69)125-66-47(100)39(92)33(86)21(8-75)112-66)118-53-26(109-60(104)27(35(53)88)71-17(4)80)13-105-62-48(101)42(95)51(16(3)108-62)117-64-45(98)37(90)31(84)19(6-73)110-64/h14-16,19-70,73-79,82-104H,6-13H2,1-5H3,(H,71,80)(H,72,81)/t14-,15-,16-,19+,20+,21+,22+,23+,24+,25+,26+,27+,28+,29+,30+,31-,32-,33-,34-,35+,36+,37-,38-,39-,40+,41-,42-,43+,44-,45+,46+,47+,48-,49-,50-,51+,52+,53+,54+,55+,56+,57+,58-,59+,60+,61-,62+,63-,64-,65+,66?,67+,68-,69-,70-/m0/s1. The van der Waals surface area contributed by atoms with Crippen molar-refractivity contribution in [1.29, 1.82) is 0 Å². The molecule has 11 saturated heterocycles. The SMILES string of the molecule is CC(=O)N[C@@H]1[C@@H](O)[C@H](O[C@@H]2O[C@H](CO)[C@@H](O[C@@H]3O[C@H](CO)[C@@H](O[C@@H]4O[C@H](CO)[C@H](O)[C@H](O)[C@H]4O[C@@H]4O[C@@H](C)[C@@H](O)[C@@H](O)[C@@H]4O)[C@H](O[C@H]4O[C@H](CO)[C@@H](O[C@H]5O[C@H](CO)[C@H](O)[C@H](O)[C@H]5O)[C@H](O)[C@@H]4O)[C@@H]3O)[C@H](O[C@@H]3O[C@@H](C)[C@@H](O)[C@@H](O)[C@@H]3OC3O[C@H](CO)[C@H](O)[C@H](O)[C@H]3O)[C@H]2NC(C)=O)[C@@H](CO[C@@H]2O[C@@H](C)[C@@H](O[C@@H]3O[C@H](CO)[C@H](O)[C@H](O)[C@H]3O)[C@@H](O)[C@@H]2O)O[C@H]1O. The minimum atomic E-state index is -2.73. The number of carbonyl (C=O) groups excluding carboxylic acids is 2. The molecule has 0 aromatic carbocycles. The van der Waals surface area contributed by atoms with Gasteiger partial charge in [-0.05, 0) is 20.8 Å². The topological polar surface area (TPSA) is 859 Å². The van der Waals surface area contributed by atoms with Gasteiger partial charge in [0.25, 0.3) is 0 Å². The zero-order valence-corrected chi connectivity index (χ0v) is 67.2. The second-order valence-corrected chi connectivity index (χ2v) is 32.3. The molecule has 726 valence electrons. The van der Waals surface area contributed by atoms with Gasteiger partial charge in [0, 0.05) is 13.8 Å². The van der Waals surface area contributed by atoms with E-state index >= 15 is 0 Å². The number of aliphatic hydroxyl groups is 30. The Labute approximate surface area is 707 Å². The van der Waals surface area contributed by atoms with E-state index in [1.165, 1.54) is 13.8 Å². The van der Waals surface area contributed by atoms with Crippen LogP contribution < -0.4 is 10.6 Å². The van der Waals surface area contributed by atoms with Gasteiger partial charge in [0.1, 0.15) is 250 Å². The molecule has 2 amide bonds. The normalized spacial score (nSPS) is 52.6. The molecule has 0 radical (unpaired) electrons. The molecule has 32 N–H and O–H groups in total. The Morgan fingerprint density at radius 3 is 0.968 bits per heavy atom. The zero-order valence-electron chi connectivity index (χ0n) is 67.2. The summed E-state index contributed by atoms with van der Waals surface area (Å²) in [6.07, 6.45) is -112. The Hall–Kier alpha value is -3.10. The van der Waals surface area contributed by atoms with Gasteiger partial charge in [-0.2, -0.15) is 0 Å². The summed E-state index contributed by atoms with van der Waals surface area (Å²) in [5.41, 5.74) is 0. The lowest BCUT2D eigenvalue weighted by Crippen LogP contribution is -2.72. The van der Waals surface area contributed by atoms with E-state index in [1.807, 2.05) is 0 Å². The first-order valence-corrected chi connectivity index (χ1v) is 40.3. The Morgan fingerprint density at radius 2 is 0.496 bits per heavy atom. The van der Waals surface area contributed by atoms with Crippen molar-refractivity contribution < 1.29 is 262 Å². The van der Waals surface area contributed by atoms with Crippen LogP contribution in [0, 0.1) is 0 Å². The highest BCUT2D eigenvalue weighted by Crippen LogP contribution is 2.43. The first-order chi connectivity index (χ1) is 59.1. The quantitative estimate of drug-likeness (QED) is 0.0318. The smallest absolute Gasteiger partial charge is 0.217 e. The minimum absolute atomic E-state index is 0.869. The monoisotopic (exact) mass is 1830 g/mol. The first kappa shape index (κ1) is 102. The summed E-state index contributed by atoms with van der Waals surface area (Å²) < 4.78 is 126. The number of hydrogen-bond acceptors (Lipinski definition) is 53. The van der Waals surface area contributed by atoms with E-state index in [1.54, 1.807) is 0 Å². The molecule has 11 rings (SSSR count). The molecule has 0 aliphatic carbocycles. The molecule has 11 aliphatic rings. The second kappa shape index (κ2) is 43.9. The highest BCUT2D eigenvalue weighted by atomic mass is 16.8. The lowest BCUT2D eigenvalue weighted by Gasteiger charge is -2.53. The molecule has 0 saturated carbocycles. The maximum absolute atomic E-state index is 14.0. The highest BCUT2D eigenvalue weighted by Gasteiger charge is 2.63. The second-order valence-electron chi connectivity index (χ2n) is 32.3. The summed E-state index contributed by atoms with van der Waals surface area (Å²) in [6, 6.07) is -4.15. The van der Waals surface area contributed by atoms with Gasteiger partial charge in [-0.1, -0.05) is 0 Å². The molecule has 0 bridgehead atoms. The molecule has 125 heavy (non-hydrogen) atoms. The average molecular weight is 1840 g/mol. The number of aliphatic hydroxyl groups excluding tert-OH is 30. The maximum Gasteiger partial charge on any atom is 0.217 e. The first-order valence-electron chi connectivity index (χ1n) is 40.3. The average Bonchev–Trinajstić information content (AvgIpc) is 0.754. The van der Waals surface area contributed by atoms with Gasteiger partial charge in [-0.25, -0.2) is 0 Å². The molecule has 1 unspecified atom stereocenters. The van der Waals surface area contributed by atoms with Crippen LogP contribution in [0.5, 0.6) is 0 Å². The van der Waals surface area contributed by atoms with Gasteiger partial charge in [-0.3, -0.25) is 9.59 Å². The molecule has 55 nitrogen and oxygen atoms in total. The van der Waals surface area contributed by atoms with Gasteiger partial charge in [0.15, 0.2) is 69.2 Å². The Bertz CT molecular complexity index is 3320. The third kappa shape index (κ3) is 21.8. The van der Waals surface area contributed by atoms with Crippen molar-refractivity contribution in [1.82, 2.24) is 10.6 Å². The molecule has 11 aliphatic heterocycles. The van der Waals surface area contributed by atoms with E-state index in [0.717, 1.165) is 20.8 Å². The molecule has 0 aromatic heterocycles. The van der Waals surface area contributed by atoms with Gasteiger partial charge >= 0.3 is 0 Å². The Kier molecular flexibility index (Phi) is 36.0. The van der Waals surface area contributed by atoms with Crippen molar-refractivity contribution in [2.75, 3.05) is 52.9 Å². The van der Waals surface area contributed by atoms with Crippen molar-refractivity contribution in [2.45, 2.75) is 372 Å². The molecule has 11 fully saturated rings. The number of amides is 2. The number of rotatable bonds is 30. The van der Waals surface area contributed by atoms with Crippen LogP contribution in [0.1, 0.15) is 34.6 Å². The van der Waals surface area contributed by atoms with Gasteiger partial charge in [0.05, 0.1) is 71.2 Å². The van der Waals surface area contributed by atoms with Gasteiger partial charge < -0.3 is 263 Å². The summed E-state index contributed by atoms with van der Waals surface area (Å²) in [4.78, 5) is 26.9. The number of carbonyl (C=O) groups is 2. The van der Waals surface area contributed by atoms with Crippen LogP contribution in [0.2, 0.25) is 0 Å². The molecule has 55 heteroatoms. The molecule has 0 spiro atoms. The molecule has 55 atom stereocenters. The van der Waals surface area contributed by atoms with Crippen molar-refractivity contribution in [3.63, 3.8) is 0 Å². The number of ether oxygens (including phenoxy) is 21. The largest absolute Gasteiger partial charge is 0.394 e. The van der Waals surface area contributed by atoms with E-state index in [-0.39, 0.29) is 0 Å². The van der Waals surface area contributed by atoms with E-state index < -0.39 is 402 Å². The Morgan fingerprint density at radius 1 is 0.224 bits per heavy atom. The summed E-state index contributed by atoms with van der Waals surface area (Å²) in [7, 11) is 0. The Balaban J connectivity index is 0.974. The fourth-order valence-corrected chi connectivity index (χ4v) is 16.5. The van der Waals surface area contributed by atoms with Crippen LogP contribution >= 0.6 is 0 Å². The zero-order chi connectivity index (χ0) is 91.8. The maximum atomic E-state index is 14.0. The third-order valence-electron chi connectivity index (χ3n) is 23.7. The summed E-state index contributed by atoms with van der Waals surface area (Å²) in [5.74, 6) is -2.04. The molecular weight excluding hydrogens is 1720 g/mol.